The van der Waals surface area contributed by atoms with Gasteiger partial charge in [-0.1, -0.05) is 19.1 Å². The van der Waals surface area contributed by atoms with Crippen molar-refractivity contribution in [1.29, 1.82) is 0 Å². The number of amides is 1. The summed E-state index contributed by atoms with van der Waals surface area (Å²) in [5.41, 5.74) is 1.34. The van der Waals surface area contributed by atoms with E-state index in [1.165, 1.54) is 5.56 Å². The Kier molecular flexibility index (Phi) is 6.32. The standard InChI is InChI=1S/C20H30N2O3/c1-16(17-3-5-19(24-2)6-4-17)15-21-9-7-18(8-10-21)20(23)22-11-13-25-14-12-22/h3-6,16,18H,7-15H2,1-2H3/t16-/m0/s1. The van der Waals surface area contributed by atoms with E-state index in [2.05, 4.69) is 24.0 Å². The monoisotopic (exact) mass is 346 g/mol. The highest BCUT2D eigenvalue weighted by molar-refractivity contribution is 5.79. The van der Waals surface area contributed by atoms with E-state index in [0.717, 1.165) is 51.3 Å². The molecule has 3 rings (SSSR count). The number of methoxy groups -OCH3 is 1. The molecule has 1 atom stereocenters. The number of likely N-dealkylation sites (tertiary alicyclic amines) is 1. The van der Waals surface area contributed by atoms with Gasteiger partial charge in [-0.2, -0.15) is 0 Å². The van der Waals surface area contributed by atoms with Gasteiger partial charge in [0, 0.05) is 25.6 Å². The quantitative estimate of drug-likeness (QED) is 0.821. The second-order valence-corrected chi connectivity index (χ2v) is 7.19. The predicted molar refractivity (Wildman–Crippen MR) is 98.0 cm³/mol. The van der Waals surface area contributed by atoms with Gasteiger partial charge in [-0.05, 0) is 49.5 Å². The van der Waals surface area contributed by atoms with Crippen molar-refractivity contribution in [2.45, 2.75) is 25.7 Å². The zero-order valence-corrected chi connectivity index (χ0v) is 15.4. The van der Waals surface area contributed by atoms with E-state index < -0.39 is 0 Å². The lowest BCUT2D eigenvalue weighted by atomic mass is 9.93. The normalized spacial score (nSPS) is 21.1. The first-order valence-corrected chi connectivity index (χ1v) is 9.40. The first-order valence-electron chi connectivity index (χ1n) is 9.40. The van der Waals surface area contributed by atoms with E-state index >= 15 is 0 Å². The van der Waals surface area contributed by atoms with Crippen LogP contribution in [-0.4, -0.2) is 68.8 Å². The maximum atomic E-state index is 12.6. The molecule has 0 unspecified atom stereocenters. The van der Waals surface area contributed by atoms with Crippen LogP contribution in [0.1, 0.15) is 31.2 Å². The number of nitrogens with zero attached hydrogens (tertiary/aromatic N) is 2. The fourth-order valence-electron chi connectivity index (χ4n) is 3.83. The van der Waals surface area contributed by atoms with Crippen LogP contribution in [0, 0.1) is 5.92 Å². The second-order valence-electron chi connectivity index (χ2n) is 7.19. The summed E-state index contributed by atoms with van der Waals surface area (Å²) in [6.45, 7) is 8.23. The minimum Gasteiger partial charge on any atom is -0.497 e. The van der Waals surface area contributed by atoms with Crippen molar-refractivity contribution in [2.24, 2.45) is 5.92 Å². The lowest BCUT2D eigenvalue weighted by molar-refractivity contribution is -0.141. The minimum absolute atomic E-state index is 0.200. The summed E-state index contributed by atoms with van der Waals surface area (Å²) < 4.78 is 10.6. The van der Waals surface area contributed by atoms with E-state index in [4.69, 9.17) is 9.47 Å². The van der Waals surface area contributed by atoms with E-state index in [1.54, 1.807) is 7.11 Å². The maximum Gasteiger partial charge on any atom is 0.225 e. The molecule has 0 aromatic heterocycles. The summed E-state index contributed by atoms with van der Waals surface area (Å²) in [5.74, 6) is 1.92. The third-order valence-electron chi connectivity index (χ3n) is 5.48. The van der Waals surface area contributed by atoms with Crippen LogP contribution in [0.15, 0.2) is 24.3 Å². The molecule has 5 nitrogen and oxygen atoms in total. The Morgan fingerprint density at radius 1 is 1.16 bits per heavy atom. The zero-order valence-electron chi connectivity index (χ0n) is 15.4. The van der Waals surface area contributed by atoms with Crippen LogP contribution >= 0.6 is 0 Å². The van der Waals surface area contributed by atoms with Crippen LogP contribution in [0.2, 0.25) is 0 Å². The van der Waals surface area contributed by atoms with Crippen LogP contribution in [0.3, 0.4) is 0 Å². The van der Waals surface area contributed by atoms with Gasteiger partial charge in [0.2, 0.25) is 5.91 Å². The van der Waals surface area contributed by atoms with Gasteiger partial charge < -0.3 is 19.3 Å². The van der Waals surface area contributed by atoms with Crippen LogP contribution < -0.4 is 4.74 Å². The number of piperidine rings is 1. The van der Waals surface area contributed by atoms with Crippen LogP contribution in [0.5, 0.6) is 5.75 Å². The average Bonchev–Trinajstić information content (AvgIpc) is 2.68. The smallest absolute Gasteiger partial charge is 0.225 e. The first kappa shape index (κ1) is 18.2. The molecule has 0 radical (unpaired) electrons. The Bertz CT molecular complexity index is 547. The van der Waals surface area contributed by atoms with E-state index in [0.29, 0.717) is 25.0 Å². The molecule has 2 aliphatic rings. The molecule has 2 fully saturated rings. The van der Waals surface area contributed by atoms with Crippen molar-refractivity contribution >= 4 is 5.91 Å². The summed E-state index contributed by atoms with van der Waals surface area (Å²) in [5, 5.41) is 0. The predicted octanol–water partition coefficient (Wildman–Crippen LogP) is 2.37. The molecular weight excluding hydrogens is 316 g/mol. The molecule has 138 valence electrons. The molecule has 2 aliphatic heterocycles. The van der Waals surface area contributed by atoms with Gasteiger partial charge in [-0.3, -0.25) is 4.79 Å². The number of benzene rings is 1. The molecule has 1 aromatic carbocycles. The third-order valence-corrected chi connectivity index (χ3v) is 5.48. The number of rotatable bonds is 5. The van der Waals surface area contributed by atoms with Crippen molar-refractivity contribution in [3.8, 4) is 5.75 Å². The Labute approximate surface area is 150 Å². The third kappa shape index (κ3) is 4.73. The molecule has 0 N–H and O–H groups in total. The topological polar surface area (TPSA) is 42.0 Å². The SMILES string of the molecule is COc1ccc([C@@H](C)CN2CCC(C(=O)N3CCOCC3)CC2)cc1. The Balaban J connectivity index is 1.46. The molecule has 0 saturated carbocycles. The summed E-state index contributed by atoms with van der Waals surface area (Å²) in [6.07, 6.45) is 1.96. The van der Waals surface area contributed by atoms with Gasteiger partial charge in [0.25, 0.3) is 0 Å². The number of hydrogen-bond acceptors (Lipinski definition) is 4. The largest absolute Gasteiger partial charge is 0.497 e. The summed E-state index contributed by atoms with van der Waals surface area (Å²) in [6, 6.07) is 8.36. The summed E-state index contributed by atoms with van der Waals surface area (Å²) in [4.78, 5) is 17.1. The molecular formula is C20H30N2O3. The van der Waals surface area contributed by atoms with E-state index in [1.807, 2.05) is 17.0 Å². The number of carbonyl (C=O) groups is 1. The van der Waals surface area contributed by atoms with Gasteiger partial charge in [-0.25, -0.2) is 0 Å². The lowest BCUT2D eigenvalue weighted by Crippen LogP contribution is -2.47. The second kappa shape index (κ2) is 8.68. The highest BCUT2D eigenvalue weighted by atomic mass is 16.5. The van der Waals surface area contributed by atoms with Gasteiger partial charge >= 0.3 is 0 Å². The molecule has 2 saturated heterocycles. The number of carbonyl (C=O) groups excluding carboxylic acids is 1. The molecule has 25 heavy (non-hydrogen) atoms. The molecule has 1 aromatic rings. The molecule has 0 bridgehead atoms. The molecule has 5 heteroatoms. The minimum atomic E-state index is 0.200. The van der Waals surface area contributed by atoms with Crippen molar-refractivity contribution < 1.29 is 14.3 Å². The van der Waals surface area contributed by atoms with Crippen molar-refractivity contribution in [3.05, 3.63) is 29.8 Å². The Morgan fingerprint density at radius 2 is 1.80 bits per heavy atom. The molecule has 0 aliphatic carbocycles. The van der Waals surface area contributed by atoms with Crippen LogP contribution in [0.4, 0.5) is 0 Å². The van der Waals surface area contributed by atoms with E-state index in [9.17, 15) is 4.79 Å². The Hall–Kier alpha value is -1.59. The zero-order chi connectivity index (χ0) is 17.6. The van der Waals surface area contributed by atoms with Crippen LogP contribution in [-0.2, 0) is 9.53 Å². The van der Waals surface area contributed by atoms with Gasteiger partial charge in [0.1, 0.15) is 5.75 Å². The fraction of sp³-hybridized carbons (Fsp3) is 0.650. The summed E-state index contributed by atoms with van der Waals surface area (Å²) in [7, 11) is 1.70. The fourth-order valence-corrected chi connectivity index (χ4v) is 3.83. The molecule has 1 amide bonds. The number of hydrogen-bond donors (Lipinski definition) is 0. The van der Waals surface area contributed by atoms with Crippen molar-refractivity contribution in [2.75, 3.05) is 53.0 Å². The highest BCUT2D eigenvalue weighted by Crippen LogP contribution is 2.24. The highest BCUT2D eigenvalue weighted by Gasteiger charge is 2.29. The summed E-state index contributed by atoms with van der Waals surface area (Å²) >= 11 is 0. The maximum absolute atomic E-state index is 12.6. The Morgan fingerprint density at radius 3 is 2.40 bits per heavy atom. The van der Waals surface area contributed by atoms with Gasteiger partial charge in [-0.15, -0.1) is 0 Å². The van der Waals surface area contributed by atoms with Gasteiger partial charge in [0.15, 0.2) is 0 Å². The lowest BCUT2D eigenvalue weighted by Gasteiger charge is -2.36. The molecule has 2 heterocycles. The number of morpholine rings is 1. The van der Waals surface area contributed by atoms with Crippen molar-refractivity contribution in [1.82, 2.24) is 9.80 Å². The van der Waals surface area contributed by atoms with Crippen LogP contribution in [0.25, 0.3) is 0 Å². The van der Waals surface area contributed by atoms with E-state index in [-0.39, 0.29) is 5.92 Å². The average molecular weight is 346 g/mol. The van der Waals surface area contributed by atoms with Crippen molar-refractivity contribution in [3.63, 3.8) is 0 Å². The number of ether oxygens (including phenoxy) is 2. The molecule has 0 spiro atoms. The van der Waals surface area contributed by atoms with Gasteiger partial charge in [0.05, 0.1) is 20.3 Å². The first-order chi connectivity index (χ1) is 12.2.